The Bertz CT molecular complexity index is 1140. The minimum absolute atomic E-state index is 0.0160. The average molecular weight is 423 g/mol. The number of fused-ring (bicyclic) bond motifs is 1. The van der Waals surface area contributed by atoms with Gasteiger partial charge < -0.3 is 4.74 Å². The van der Waals surface area contributed by atoms with Gasteiger partial charge in [0.05, 0.1) is 29.3 Å². The maximum atomic E-state index is 13.2. The van der Waals surface area contributed by atoms with Gasteiger partial charge in [-0.25, -0.2) is 4.98 Å². The normalized spacial score (nSPS) is 16.3. The lowest BCUT2D eigenvalue weighted by molar-refractivity contribution is 0.0937. The predicted molar refractivity (Wildman–Crippen MR) is 121 cm³/mol. The Morgan fingerprint density at radius 3 is 2.63 bits per heavy atom. The Labute approximate surface area is 180 Å². The van der Waals surface area contributed by atoms with E-state index in [0.717, 1.165) is 41.7 Å². The summed E-state index contributed by atoms with van der Waals surface area (Å²) in [6.45, 7) is 7.17. The number of rotatable bonds is 6. The van der Waals surface area contributed by atoms with Gasteiger partial charge in [0.15, 0.2) is 10.9 Å². The van der Waals surface area contributed by atoms with E-state index < -0.39 is 0 Å². The number of carbonyl (C=O) groups excluding carboxylic acids is 1. The zero-order chi connectivity index (χ0) is 21.3. The molecule has 5 nitrogen and oxygen atoms in total. The van der Waals surface area contributed by atoms with Crippen molar-refractivity contribution < 1.29 is 9.53 Å². The summed E-state index contributed by atoms with van der Waals surface area (Å²) < 4.78 is 7.44. The molecule has 0 N–H and O–H groups in total. The molecule has 1 atom stereocenters. The van der Waals surface area contributed by atoms with Crippen LogP contribution in [0.2, 0.25) is 0 Å². The number of aryl methyl sites for hydroxylation is 3. The standard InChI is InChI=1S/C24H26N2O3S/c1-15-11-16(2)22(17(3)12-15)21(27)14-30-24-25-20-9-5-4-8-19(20)23(28)26(24)13-18-7-6-10-29-18/h4-5,8-9,11-12,18H,6-7,10,13-14H2,1-3H3. The Kier molecular flexibility index (Phi) is 6.06. The van der Waals surface area contributed by atoms with Gasteiger partial charge in [0.25, 0.3) is 5.56 Å². The number of para-hydroxylation sites is 1. The van der Waals surface area contributed by atoms with Crippen LogP contribution in [0.15, 0.2) is 46.3 Å². The second-order valence-electron chi connectivity index (χ2n) is 7.95. The van der Waals surface area contributed by atoms with Gasteiger partial charge in [0.2, 0.25) is 0 Å². The summed E-state index contributed by atoms with van der Waals surface area (Å²) in [6.07, 6.45) is 1.96. The maximum Gasteiger partial charge on any atom is 0.262 e. The van der Waals surface area contributed by atoms with Crippen LogP contribution < -0.4 is 5.56 Å². The number of nitrogens with zero attached hydrogens (tertiary/aromatic N) is 2. The molecule has 3 aromatic rings. The van der Waals surface area contributed by atoms with Crippen molar-refractivity contribution in [3.63, 3.8) is 0 Å². The number of ketones is 1. The van der Waals surface area contributed by atoms with Crippen LogP contribution in [0.1, 0.15) is 39.9 Å². The summed E-state index contributed by atoms with van der Waals surface area (Å²) in [7, 11) is 0. The Morgan fingerprint density at radius 1 is 1.20 bits per heavy atom. The molecule has 30 heavy (non-hydrogen) atoms. The first kappa shape index (κ1) is 20.8. The molecule has 2 heterocycles. The molecule has 6 heteroatoms. The molecule has 0 amide bonds. The van der Waals surface area contributed by atoms with Crippen molar-refractivity contribution in [2.45, 2.75) is 51.4 Å². The smallest absolute Gasteiger partial charge is 0.262 e. The summed E-state index contributed by atoms with van der Waals surface area (Å²) in [5.74, 6) is 0.294. The van der Waals surface area contributed by atoms with Gasteiger partial charge in [-0.3, -0.25) is 14.2 Å². The fraction of sp³-hybridized carbons (Fsp3) is 0.375. The minimum atomic E-state index is -0.0752. The van der Waals surface area contributed by atoms with Crippen molar-refractivity contribution in [3.8, 4) is 0 Å². The van der Waals surface area contributed by atoms with E-state index in [4.69, 9.17) is 9.72 Å². The molecule has 0 radical (unpaired) electrons. The maximum absolute atomic E-state index is 13.2. The highest BCUT2D eigenvalue weighted by Crippen LogP contribution is 2.24. The largest absolute Gasteiger partial charge is 0.376 e. The highest BCUT2D eigenvalue weighted by molar-refractivity contribution is 7.99. The van der Waals surface area contributed by atoms with Gasteiger partial charge >= 0.3 is 0 Å². The molecule has 1 aromatic heterocycles. The van der Waals surface area contributed by atoms with E-state index >= 15 is 0 Å². The first-order chi connectivity index (χ1) is 14.4. The van der Waals surface area contributed by atoms with Crippen molar-refractivity contribution in [2.24, 2.45) is 0 Å². The predicted octanol–water partition coefficient (Wildman–Crippen LogP) is 4.48. The molecule has 1 aliphatic rings. The Morgan fingerprint density at radius 2 is 1.93 bits per heavy atom. The molecular weight excluding hydrogens is 396 g/mol. The second-order valence-corrected chi connectivity index (χ2v) is 8.89. The van der Waals surface area contributed by atoms with Crippen LogP contribution in [0.3, 0.4) is 0 Å². The molecule has 156 valence electrons. The quantitative estimate of drug-likeness (QED) is 0.333. The molecule has 1 unspecified atom stereocenters. The van der Waals surface area contributed by atoms with Gasteiger partial charge in [-0.15, -0.1) is 0 Å². The molecule has 4 rings (SSSR count). The van der Waals surface area contributed by atoms with Crippen LogP contribution in [0.4, 0.5) is 0 Å². The molecule has 0 saturated carbocycles. The number of ether oxygens (including phenoxy) is 1. The van der Waals surface area contributed by atoms with Crippen molar-refractivity contribution >= 4 is 28.4 Å². The summed E-state index contributed by atoms with van der Waals surface area (Å²) in [5, 5.41) is 1.17. The van der Waals surface area contributed by atoms with Crippen LogP contribution >= 0.6 is 11.8 Å². The first-order valence-electron chi connectivity index (χ1n) is 10.3. The number of thioether (sulfide) groups is 1. The second kappa shape index (κ2) is 8.74. The van der Waals surface area contributed by atoms with Crippen molar-refractivity contribution in [2.75, 3.05) is 12.4 Å². The topological polar surface area (TPSA) is 61.2 Å². The molecule has 0 bridgehead atoms. The molecule has 0 aliphatic carbocycles. The van der Waals surface area contributed by atoms with E-state index in [2.05, 4.69) is 0 Å². The van der Waals surface area contributed by atoms with E-state index in [1.807, 2.05) is 51.1 Å². The lowest BCUT2D eigenvalue weighted by atomic mass is 9.97. The van der Waals surface area contributed by atoms with Crippen LogP contribution in [-0.2, 0) is 11.3 Å². The molecule has 1 saturated heterocycles. The number of benzene rings is 2. The third-order valence-corrected chi connectivity index (χ3v) is 6.50. The van der Waals surface area contributed by atoms with E-state index in [-0.39, 0.29) is 23.2 Å². The molecule has 1 aliphatic heterocycles. The summed E-state index contributed by atoms with van der Waals surface area (Å²) in [6, 6.07) is 11.4. The third kappa shape index (κ3) is 4.20. The number of hydrogen-bond acceptors (Lipinski definition) is 5. The van der Waals surface area contributed by atoms with E-state index in [9.17, 15) is 9.59 Å². The summed E-state index contributed by atoms with van der Waals surface area (Å²) >= 11 is 1.33. The first-order valence-corrected chi connectivity index (χ1v) is 11.3. The molecule has 2 aromatic carbocycles. The third-order valence-electron chi connectivity index (χ3n) is 5.53. The van der Waals surface area contributed by atoms with Crippen molar-refractivity contribution in [1.82, 2.24) is 9.55 Å². The summed E-state index contributed by atoms with van der Waals surface area (Å²) in [4.78, 5) is 30.9. The van der Waals surface area contributed by atoms with Crippen LogP contribution in [0, 0.1) is 20.8 Å². The number of carbonyl (C=O) groups is 1. The van der Waals surface area contributed by atoms with Crippen LogP contribution in [0.5, 0.6) is 0 Å². The van der Waals surface area contributed by atoms with Crippen molar-refractivity contribution in [1.29, 1.82) is 0 Å². The van der Waals surface area contributed by atoms with Gasteiger partial charge in [0, 0.05) is 12.2 Å². The van der Waals surface area contributed by atoms with E-state index in [1.165, 1.54) is 11.8 Å². The average Bonchev–Trinajstić information content (AvgIpc) is 3.21. The number of hydrogen-bond donors (Lipinski definition) is 0. The monoisotopic (exact) mass is 422 g/mol. The molecule has 1 fully saturated rings. The minimum Gasteiger partial charge on any atom is -0.376 e. The fourth-order valence-electron chi connectivity index (χ4n) is 4.23. The molecule has 0 spiro atoms. The van der Waals surface area contributed by atoms with Gasteiger partial charge in [0.1, 0.15) is 0 Å². The zero-order valence-electron chi connectivity index (χ0n) is 17.6. The van der Waals surface area contributed by atoms with E-state index in [0.29, 0.717) is 22.6 Å². The lowest BCUT2D eigenvalue weighted by Crippen LogP contribution is -2.29. The van der Waals surface area contributed by atoms with E-state index in [1.54, 1.807) is 10.6 Å². The number of Topliss-reactive ketones (excluding diaryl/α,β-unsaturated/α-hetero) is 1. The zero-order valence-corrected chi connectivity index (χ0v) is 18.4. The van der Waals surface area contributed by atoms with Gasteiger partial charge in [-0.2, -0.15) is 0 Å². The van der Waals surface area contributed by atoms with Crippen LogP contribution in [-0.4, -0.2) is 33.8 Å². The van der Waals surface area contributed by atoms with Gasteiger partial charge in [-0.1, -0.05) is 41.6 Å². The summed E-state index contributed by atoms with van der Waals surface area (Å²) in [5.41, 5.74) is 4.47. The molecular formula is C24H26N2O3S. The van der Waals surface area contributed by atoms with Gasteiger partial charge in [-0.05, 0) is 56.9 Å². The number of aromatic nitrogens is 2. The fourth-order valence-corrected chi connectivity index (χ4v) is 5.11. The van der Waals surface area contributed by atoms with Crippen molar-refractivity contribution in [3.05, 3.63) is 69.0 Å². The SMILES string of the molecule is Cc1cc(C)c(C(=O)CSc2nc3ccccc3c(=O)n2CC2CCCO2)c(C)c1. The van der Waals surface area contributed by atoms with Crippen LogP contribution in [0.25, 0.3) is 10.9 Å². The Hall–Kier alpha value is -2.44. The lowest BCUT2D eigenvalue weighted by Gasteiger charge is -2.16. The Balaban J connectivity index is 1.66. The highest BCUT2D eigenvalue weighted by atomic mass is 32.2. The highest BCUT2D eigenvalue weighted by Gasteiger charge is 2.21.